The molecule has 4 heterocycles. The second-order valence-corrected chi connectivity index (χ2v) is 7.62. The van der Waals surface area contributed by atoms with E-state index < -0.39 is 0 Å². The summed E-state index contributed by atoms with van der Waals surface area (Å²) in [6.45, 7) is 1.89. The highest BCUT2D eigenvalue weighted by atomic mass is 35.5. The molecule has 3 aromatic heterocycles. The van der Waals surface area contributed by atoms with E-state index in [2.05, 4.69) is 19.9 Å². The van der Waals surface area contributed by atoms with Crippen molar-refractivity contribution in [2.45, 2.75) is 19.5 Å². The van der Waals surface area contributed by atoms with Gasteiger partial charge in [-0.15, -0.1) is 11.3 Å². The molecule has 0 unspecified atom stereocenters. The van der Waals surface area contributed by atoms with Crippen LogP contribution in [-0.2, 0) is 19.5 Å². The summed E-state index contributed by atoms with van der Waals surface area (Å²) in [6, 6.07) is 3.90. The minimum atomic E-state index is -0.0787. The van der Waals surface area contributed by atoms with Crippen molar-refractivity contribution in [3.8, 4) is 10.7 Å². The number of rotatable bonds is 3. The standard InChI is InChI=1S/C17H14Cl2N4OS/c18-12-6-20-7-13(19)10(12)8-23-4-3-14-11(9-23)17(24)22-16(21-14)15-2-1-5-25-15/h1-2,5-7H,3-4,8-9H2,(H,21,22,24). The first-order valence-corrected chi connectivity index (χ1v) is 9.41. The molecule has 128 valence electrons. The van der Waals surface area contributed by atoms with Crippen molar-refractivity contribution >= 4 is 34.5 Å². The lowest BCUT2D eigenvalue weighted by Gasteiger charge is -2.28. The zero-order valence-electron chi connectivity index (χ0n) is 13.1. The molecule has 4 rings (SSSR count). The van der Waals surface area contributed by atoms with Crippen LogP contribution in [0.5, 0.6) is 0 Å². The molecule has 0 saturated carbocycles. The van der Waals surface area contributed by atoms with E-state index in [4.69, 9.17) is 23.2 Å². The minimum Gasteiger partial charge on any atom is -0.306 e. The van der Waals surface area contributed by atoms with Crippen LogP contribution in [0.1, 0.15) is 16.8 Å². The first-order chi connectivity index (χ1) is 12.1. The van der Waals surface area contributed by atoms with Gasteiger partial charge in [-0.1, -0.05) is 29.3 Å². The van der Waals surface area contributed by atoms with E-state index in [1.807, 2.05) is 17.5 Å². The number of aromatic nitrogens is 3. The fourth-order valence-corrected chi connectivity index (χ4v) is 4.11. The normalized spacial score (nSPS) is 14.5. The lowest BCUT2D eigenvalue weighted by molar-refractivity contribution is 0.242. The third-order valence-electron chi connectivity index (χ3n) is 4.24. The topological polar surface area (TPSA) is 61.9 Å². The maximum Gasteiger partial charge on any atom is 0.255 e. The van der Waals surface area contributed by atoms with Gasteiger partial charge in [0.1, 0.15) is 0 Å². The van der Waals surface area contributed by atoms with Gasteiger partial charge in [0, 0.05) is 44.0 Å². The maximum absolute atomic E-state index is 12.5. The summed E-state index contributed by atoms with van der Waals surface area (Å²) in [5, 5.41) is 3.05. The van der Waals surface area contributed by atoms with Crippen LogP contribution >= 0.6 is 34.5 Å². The summed E-state index contributed by atoms with van der Waals surface area (Å²) in [6.07, 6.45) is 3.89. The summed E-state index contributed by atoms with van der Waals surface area (Å²) >= 11 is 14.0. The van der Waals surface area contributed by atoms with Crippen LogP contribution in [0.25, 0.3) is 10.7 Å². The monoisotopic (exact) mass is 392 g/mol. The number of halogens is 2. The first-order valence-electron chi connectivity index (χ1n) is 7.78. The van der Waals surface area contributed by atoms with Gasteiger partial charge in [-0.05, 0) is 11.4 Å². The largest absolute Gasteiger partial charge is 0.306 e. The van der Waals surface area contributed by atoms with Gasteiger partial charge in [-0.3, -0.25) is 14.7 Å². The lowest BCUT2D eigenvalue weighted by Crippen LogP contribution is -2.35. The lowest BCUT2D eigenvalue weighted by atomic mass is 10.1. The van der Waals surface area contributed by atoms with Gasteiger partial charge < -0.3 is 4.98 Å². The number of hydrogen-bond acceptors (Lipinski definition) is 5. The smallest absolute Gasteiger partial charge is 0.255 e. The zero-order chi connectivity index (χ0) is 17.4. The first kappa shape index (κ1) is 16.7. The number of H-pyrrole nitrogens is 1. The predicted octanol–water partition coefficient (Wildman–Crippen LogP) is 3.76. The third-order valence-corrected chi connectivity index (χ3v) is 5.76. The molecule has 0 atom stereocenters. The summed E-state index contributed by atoms with van der Waals surface area (Å²) in [4.78, 5) is 27.2. The van der Waals surface area contributed by atoms with E-state index in [1.54, 1.807) is 23.7 Å². The molecule has 0 aromatic carbocycles. The molecule has 5 nitrogen and oxygen atoms in total. The Morgan fingerprint density at radius 2 is 2.08 bits per heavy atom. The second kappa shape index (κ2) is 6.88. The van der Waals surface area contributed by atoms with Crippen LogP contribution in [0.2, 0.25) is 10.0 Å². The number of nitrogens with zero attached hydrogens (tertiary/aromatic N) is 3. The van der Waals surface area contributed by atoms with Crippen LogP contribution in [0.15, 0.2) is 34.7 Å². The average Bonchev–Trinajstić information content (AvgIpc) is 3.13. The van der Waals surface area contributed by atoms with Gasteiger partial charge in [0.15, 0.2) is 5.82 Å². The van der Waals surface area contributed by atoms with Gasteiger partial charge in [0.2, 0.25) is 0 Å². The van der Waals surface area contributed by atoms with E-state index >= 15 is 0 Å². The van der Waals surface area contributed by atoms with E-state index in [9.17, 15) is 4.79 Å². The molecule has 0 saturated heterocycles. The Morgan fingerprint density at radius 3 is 2.80 bits per heavy atom. The highest BCUT2D eigenvalue weighted by Crippen LogP contribution is 2.27. The molecule has 0 amide bonds. The number of fused-ring (bicyclic) bond motifs is 1. The molecule has 3 aromatic rings. The molecule has 0 bridgehead atoms. The molecule has 0 radical (unpaired) electrons. The summed E-state index contributed by atoms with van der Waals surface area (Å²) in [5.41, 5.74) is 2.34. The fraction of sp³-hybridized carbons (Fsp3) is 0.235. The Balaban J connectivity index is 1.61. The van der Waals surface area contributed by atoms with Crippen molar-refractivity contribution in [3.05, 3.63) is 67.1 Å². The minimum absolute atomic E-state index is 0.0787. The molecule has 1 N–H and O–H groups in total. The summed E-state index contributed by atoms with van der Waals surface area (Å²) in [7, 11) is 0. The highest BCUT2D eigenvalue weighted by molar-refractivity contribution is 7.13. The molecular formula is C17H14Cl2N4OS. The van der Waals surface area contributed by atoms with Crippen molar-refractivity contribution in [3.63, 3.8) is 0 Å². The summed E-state index contributed by atoms with van der Waals surface area (Å²) < 4.78 is 0. The van der Waals surface area contributed by atoms with Gasteiger partial charge in [0.05, 0.1) is 26.2 Å². The molecule has 0 spiro atoms. The van der Waals surface area contributed by atoms with Crippen molar-refractivity contribution in [2.75, 3.05) is 6.54 Å². The zero-order valence-corrected chi connectivity index (χ0v) is 15.5. The van der Waals surface area contributed by atoms with Crippen molar-refractivity contribution < 1.29 is 0 Å². The van der Waals surface area contributed by atoms with Crippen LogP contribution in [0, 0.1) is 0 Å². The molecule has 8 heteroatoms. The van der Waals surface area contributed by atoms with Crippen molar-refractivity contribution in [1.82, 2.24) is 19.9 Å². The summed E-state index contributed by atoms with van der Waals surface area (Å²) in [5.74, 6) is 0.646. The predicted molar refractivity (Wildman–Crippen MR) is 100 cm³/mol. The number of hydrogen-bond donors (Lipinski definition) is 1. The van der Waals surface area contributed by atoms with Gasteiger partial charge in [0.25, 0.3) is 5.56 Å². The van der Waals surface area contributed by atoms with Crippen molar-refractivity contribution in [1.29, 1.82) is 0 Å². The van der Waals surface area contributed by atoms with E-state index in [0.717, 1.165) is 29.1 Å². The van der Waals surface area contributed by atoms with Gasteiger partial charge in [-0.25, -0.2) is 4.98 Å². The average molecular weight is 393 g/mol. The van der Waals surface area contributed by atoms with E-state index in [0.29, 0.717) is 34.5 Å². The molecular weight excluding hydrogens is 379 g/mol. The van der Waals surface area contributed by atoms with Crippen LogP contribution in [0.4, 0.5) is 0 Å². The van der Waals surface area contributed by atoms with Crippen LogP contribution < -0.4 is 5.56 Å². The van der Waals surface area contributed by atoms with Gasteiger partial charge in [-0.2, -0.15) is 0 Å². The Morgan fingerprint density at radius 1 is 1.28 bits per heavy atom. The number of thiophene rings is 1. The molecule has 1 aliphatic rings. The SMILES string of the molecule is O=c1[nH]c(-c2cccs2)nc2c1CN(Cc1c(Cl)cncc1Cl)CC2. The fourth-order valence-electron chi connectivity index (χ4n) is 2.96. The maximum atomic E-state index is 12.5. The molecule has 25 heavy (non-hydrogen) atoms. The number of pyridine rings is 1. The molecule has 0 aliphatic carbocycles. The Hall–Kier alpha value is -1.73. The second-order valence-electron chi connectivity index (χ2n) is 5.86. The van der Waals surface area contributed by atoms with E-state index in [-0.39, 0.29) is 5.56 Å². The number of nitrogens with one attached hydrogen (secondary N) is 1. The third kappa shape index (κ3) is 3.35. The Bertz CT molecular complexity index is 951. The highest BCUT2D eigenvalue weighted by Gasteiger charge is 2.23. The Kier molecular flexibility index (Phi) is 4.60. The van der Waals surface area contributed by atoms with Crippen molar-refractivity contribution in [2.24, 2.45) is 0 Å². The van der Waals surface area contributed by atoms with E-state index in [1.165, 1.54) is 0 Å². The molecule has 1 aliphatic heterocycles. The number of aromatic amines is 1. The Labute approximate surface area is 158 Å². The van der Waals surface area contributed by atoms with Crippen LogP contribution in [-0.4, -0.2) is 26.4 Å². The van der Waals surface area contributed by atoms with Gasteiger partial charge >= 0.3 is 0 Å². The molecule has 0 fully saturated rings. The van der Waals surface area contributed by atoms with Crippen LogP contribution in [0.3, 0.4) is 0 Å². The quantitative estimate of drug-likeness (QED) is 0.736.